The first-order chi connectivity index (χ1) is 14.2. The molecule has 1 atom stereocenters. The van der Waals surface area contributed by atoms with E-state index in [2.05, 4.69) is 21.8 Å². The molecule has 2 heterocycles. The first-order valence-electron chi connectivity index (χ1n) is 9.52. The second-order valence-corrected chi connectivity index (χ2v) is 8.89. The van der Waals surface area contributed by atoms with E-state index in [0.29, 0.717) is 29.3 Å². The van der Waals surface area contributed by atoms with Crippen molar-refractivity contribution in [2.45, 2.75) is 30.3 Å². The molecule has 0 spiro atoms. The van der Waals surface area contributed by atoms with Crippen molar-refractivity contribution in [2.24, 2.45) is 0 Å². The normalized spacial score (nSPS) is 17.5. The fourth-order valence-corrected chi connectivity index (χ4v) is 4.60. The van der Waals surface area contributed by atoms with Crippen LogP contribution in [0.2, 0.25) is 4.71 Å². The molecule has 1 saturated heterocycles. The van der Waals surface area contributed by atoms with Crippen molar-refractivity contribution in [3.8, 4) is 0 Å². The molecule has 0 bridgehead atoms. The standard InChI is InChI=1S/C21H18AsF4N3O/c22-14-5-3-9-28(12-14)20-27-18-8-7-15(23)10-16(18)19(30)29(20)11-13-4-1-2-6-17(13)21(24,25)26/h1-2,4,6-8,10,14H,3,5,9,11-12H2/t14-/m1/s1. The first-order valence-corrected chi connectivity index (χ1v) is 10.6. The summed E-state index contributed by atoms with van der Waals surface area (Å²) in [5, 5.41) is 0.0454. The molecule has 0 unspecified atom stereocenters. The molecule has 0 amide bonds. The Morgan fingerprint density at radius 3 is 2.67 bits per heavy atom. The number of alkyl halides is 3. The quantitative estimate of drug-likeness (QED) is 0.419. The van der Waals surface area contributed by atoms with Gasteiger partial charge in [0.25, 0.3) is 0 Å². The molecule has 2 radical (unpaired) electrons. The van der Waals surface area contributed by atoms with Crippen molar-refractivity contribution in [3.63, 3.8) is 0 Å². The van der Waals surface area contributed by atoms with Crippen molar-refractivity contribution >= 4 is 33.7 Å². The van der Waals surface area contributed by atoms with Crippen LogP contribution >= 0.6 is 0 Å². The van der Waals surface area contributed by atoms with E-state index in [4.69, 9.17) is 0 Å². The maximum absolute atomic E-state index is 13.8. The van der Waals surface area contributed by atoms with Gasteiger partial charge in [-0.2, -0.15) is 0 Å². The van der Waals surface area contributed by atoms with Crippen molar-refractivity contribution < 1.29 is 17.6 Å². The van der Waals surface area contributed by atoms with Gasteiger partial charge in [0.2, 0.25) is 0 Å². The molecule has 4 rings (SSSR count). The van der Waals surface area contributed by atoms with Gasteiger partial charge in [0, 0.05) is 0 Å². The molecule has 1 aliphatic heterocycles. The van der Waals surface area contributed by atoms with Crippen LogP contribution in [-0.4, -0.2) is 39.5 Å². The van der Waals surface area contributed by atoms with Gasteiger partial charge in [-0.3, -0.25) is 0 Å². The summed E-state index contributed by atoms with van der Waals surface area (Å²) >= 11 is 2.58. The van der Waals surface area contributed by atoms with Crippen LogP contribution < -0.4 is 10.5 Å². The molecule has 0 N–H and O–H groups in total. The van der Waals surface area contributed by atoms with Gasteiger partial charge in [-0.15, -0.1) is 0 Å². The molecule has 0 aliphatic carbocycles. The van der Waals surface area contributed by atoms with Crippen LogP contribution in [0.5, 0.6) is 0 Å². The predicted octanol–water partition coefficient (Wildman–Crippen LogP) is 4.16. The van der Waals surface area contributed by atoms with E-state index in [1.54, 1.807) is 0 Å². The third-order valence-corrected chi connectivity index (χ3v) is 6.11. The number of piperidine rings is 1. The van der Waals surface area contributed by atoms with Crippen LogP contribution in [0.15, 0.2) is 47.3 Å². The maximum atomic E-state index is 13.8. The summed E-state index contributed by atoms with van der Waals surface area (Å²) in [7, 11) is 0. The summed E-state index contributed by atoms with van der Waals surface area (Å²) in [6.07, 6.45) is -2.65. The minimum absolute atomic E-state index is 0.0354. The molecule has 0 saturated carbocycles. The number of hydrogen-bond donors (Lipinski definition) is 0. The summed E-state index contributed by atoms with van der Waals surface area (Å²) in [5.41, 5.74) is -1.07. The van der Waals surface area contributed by atoms with Gasteiger partial charge < -0.3 is 0 Å². The van der Waals surface area contributed by atoms with E-state index >= 15 is 0 Å². The third kappa shape index (κ3) is 4.10. The zero-order valence-corrected chi connectivity index (χ0v) is 17.7. The Kier molecular flexibility index (Phi) is 5.62. The Bertz CT molecular complexity index is 1150. The SMILES string of the molecule is O=c1c2cc(F)ccc2nc(N2CCC[C@@H]([As])C2)n1Cc1ccccc1C(F)(F)F. The second kappa shape index (κ2) is 8.06. The van der Waals surface area contributed by atoms with Crippen LogP contribution in [0.3, 0.4) is 0 Å². The Balaban J connectivity index is 1.90. The fourth-order valence-electron chi connectivity index (χ4n) is 3.81. The summed E-state index contributed by atoms with van der Waals surface area (Å²) in [6, 6.07) is 8.89. The second-order valence-electron chi connectivity index (χ2n) is 7.36. The average Bonchev–Trinajstić information content (AvgIpc) is 2.70. The van der Waals surface area contributed by atoms with Crippen LogP contribution in [0.4, 0.5) is 23.5 Å². The summed E-state index contributed by atoms with van der Waals surface area (Å²) in [4.78, 5) is 19.7. The van der Waals surface area contributed by atoms with E-state index in [0.717, 1.165) is 25.0 Å². The topological polar surface area (TPSA) is 38.1 Å². The van der Waals surface area contributed by atoms with Crippen LogP contribution in [0.25, 0.3) is 10.9 Å². The molecule has 1 aromatic heterocycles. The minimum atomic E-state index is -4.55. The monoisotopic (exact) mass is 479 g/mol. The van der Waals surface area contributed by atoms with E-state index in [9.17, 15) is 22.4 Å². The number of fused-ring (bicyclic) bond motifs is 1. The Morgan fingerprint density at radius 2 is 1.93 bits per heavy atom. The summed E-state index contributed by atoms with van der Waals surface area (Å²) in [6.45, 7) is 0.970. The molecule has 156 valence electrons. The Labute approximate surface area is 179 Å². The van der Waals surface area contributed by atoms with Crippen LogP contribution in [0.1, 0.15) is 24.0 Å². The Morgan fingerprint density at radius 1 is 1.17 bits per heavy atom. The van der Waals surface area contributed by atoms with E-state index in [1.165, 1.54) is 34.9 Å². The summed E-state index contributed by atoms with van der Waals surface area (Å²) < 4.78 is 55.8. The zero-order valence-electron chi connectivity index (χ0n) is 15.9. The predicted molar refractivity (Wildman–Crippen MR) is 107 cm³/mol. The van der Waals surface area contributed by atoms with E-state index in [-0.39, 0.29) is 17.5 Å². The van der Waals surface area contributed by atoms with Crippen LogP contribution in [0, 0.1) is 5.82 Å². The van der Waals surface area contributed by atoms with Crippen molar-refractivity contribution in [1.82, 2.24) is 9.55 Å². The number of anilines is 1. The zero-order chi connectivity index (χ0) is 21.5. The molecule has 4 nitrogen and oxygen atoms in total. The molecule has 1 fully saturated rings. The number of halogens is 4. The Hall–Kier alpha value is -2.34. The fraction of sp³-hybridized carbons (Fsp3) is 0.333. The van der Waals surface area contributed by atoms with Gasteiger partial charge in [0.15, 0.2) is 0 Å². The van der Waals surface area contributed by atoms with E-state index in [1.807, 2.05) is 4.90 Å². The molecule has 3 aromatic rings. The molecular weight excluding hydrogens is 461 g/mol. The number of benzene rings is 2. The van der Waals surface area contributed by atoms with Gasteiger partial charge in [0.05, 0.1) is 0 Å². The van der Waals surface area contributed by atoms with E-state index < -0.39 is 23.1 Å². The van der Waals surface area contributed by atoms with Gasteiger partial charge >= 0.3 is 179 Å². The van der Waals surface area contributed by atoms with Crippen molar-refractivity contribution in [1.29, 1.82) is 0 Å². The summed E-state index contributed by atoms with van der Waals surface area (Å²) in [5.74, 6) is -0.285. The molecular formula is C21H18AsF4N3O. The van der Waals surface area contributed by atoms with Crippen LogP contribution in [-0.2, 0) is 12.7 Å². The molecule has 1 aliphatic rings. The number of rotatable bonds is 3. The van der Waals surface area contributed by atoms with Gasteiger partial charge in [-0.1, -0.05) is 0 Å². The van der Waals surface area contributed by atoms with Crippen molar-refractivity contribution in [3.05, 3.63) is 69.8 Å². The molecule has 2 aromatic carbocycles. The average molecular weight is 479 g/mol. The molecule has 30 heavy (non-hydrogen) atoms. The number of hydrogen-bond acceptors (Lipinski definition) is 3. The van der Waals surface area contributed by atoms with Gasteiger partial charge in [-0.25, -0.2) is 0 Å². The van der Waals surface area contributed by atoms with Crippen molar-refractivity contribution in [2.75, 3.05) is 18.0 Å². The van der Waals surface area contributed by atoms with Gasteiger partial charge in [0.1, 0.15) is 0 Å². The third-order valence-electron chi connectivity index (χ3n) is 5.23. The molecule has 9 heteroatoms. The number of nitrogens with zero attached hydrogens (tertiary/aromatic N) is 3. The van der Waals surface area contributed by atoms with Gasteiger partial charge in [-0.05, 0) is 0 Å². The first kappa shape index (κ1) is 20.9. The number of aromatic nitrogens is 2.